The summed E-state index contributed by atoms with van der Waals surface area (Å²) in [5.41, 5.74) is 0. The molecule has 0 aliphatic heterocycles. The minimum Gasteiger partial charge on any atom is -0.336 e. The average molecular weight is 284 g/mol. The summed E-state index contributed by atoms with van der Waals surface area (Å²) >= 11 is 0. The van der Waals surface area contributed by atoms with Gasteiger partial charge in [-0.3, -0.25) is 15.0 Å². The molecule has 6 heteroatoms. The van der Waals surface area contributed by atoms with Gasteiger partial charge in [0.1, 0.15) is 0 Å². The molecule has 0 aromatic carbocycles. The number of carbonyl (C=O) groups excluding carboxylic acids is 2. The molecule has 1 fully saturated rings. The standard InChI is InChI=1S/C14H28N4O2/c1-10(2)16-14(20)17-13(19)9-18(4)12-7-5-11(15-3)6-8-12/h10-12,15H,5-9H2,1-4H3,(H2,16,17,19,20). The number of likely N-dealkylation sites (N-methyl/N-ethyl adjacent to an activating group) is 1. The van der Waals surface area contributed by atoms with E-state index in [-0.39, 0.29) is 18.5 Å². The van der Waals surface area contributed by atoms with E-state index < -0.39 is 6.03 Å². The molecule has 0 radical (unpaired) electrons. The van der Waals surface area contributed by atoms with Crippen LogP contribution in [0.4, 0.5) is 4.79 Å². The van der Waals surface area contributed by atoms with Gasteiger partial charge in [-0.2, -0.15) is 0 Å². The quantitative estimate of drug-likeness (QED) is 0.694. The minimum atomic E-state index is -0.419. The van der Waals surface area contributed by atoms with E-state index in [0.717, 1.165) is 25.7 Å². The van der Waals surface area contributed by atoms with Gasteiger partial charge in [0.05, 0.1) is 6.54 Å². The van der Waals surface area contributed by atoms with E-state index >= 15 is 0 Å². The maximum absolute atomic E-state index is 11.8. The van der Waals surface area contributed by atoms with Crippen LogP contribution in [0, 0.1) is 0 Å². The Labute approximate surface area is 121 Å². The van der Waals surface area contributed by atoms with Gasteiger partial charge in [-0.05, 0) is 53.6 Å². The van der Waals surface area contributed by atoms with E-state index in [9.17, 15) is 9.59 Å². The summed E-state index contributed by atoms with van der Waals surface area (Å²) in [6.45, 7) is 3.98. The molecule has 0 bridgehead atoms. The Morgan fingerprint density at radius 1 is 1.20 bits per heavy atom. The zero-order chi connectivity index (χ0) is 15.1. The predicted molar refractivity (Wildman–Crippen MR) is 79.5 cm³/mol. The van der Waals surface area contributed by atoms with E-state index in [0.29, 0.717) is 12.1 Å². The van der Waals surface area contributed by atoms with E-state index in [2.05, 4.69) is 16.0 Å². The molecule has 20 heavy (non-hydrogen) atoms. The van der Waals surface area contributed by atoms with Crippen molar-refractivity contribution < 1.29 is 9.59 Å². The van der Waals surface area contributed by atoms with Crippen molar-refractivity contribution >= 4 is 11.9 Å². The molecular formula is C14H28N4O2. The SMILES string of the molecule is CNC1CCC(N(C)CC(=O)NC(=O)NC(C)C)CC1. The van der Waals surface area contributed by atoms with Crippen LogP contribution in [0.3, 0.4) is 0 Å². The molecule has 0 unspecified atom stereocenters. The van der Waals surface area contributed by atoms with Crippen molar-refractivity contribution in [3.05, 3.63) is 0 Å². The van der Waals surface area contributed by atoms with Crippen LogP contribution < -0.4 is 16.0 Å². The van der Waals surface area contributed by atoms with E-state index in [4.69, 9.17) is 0 Å². The smallest absolute Gasteiger partial charge is 0.321 e. The van der Waals surface area contributed by atoms with Crippen molar-refractivity contribution in [1.29, 1.82) is 0 Å². The number of imide groups is 1. The van der Waals surface area contributed by atoms with Crippen LogP contribution in [0.25, 0.3) is 0 Å². The lowest BCUT2D eigenvalue weighted by molar-refractivity contribution is -0.121. The van der Waals surface area contributed by atoms with Crippen LogP contribution in [-0.4, -0.2) is 55.6 Å². The van der Waals surface area contributed by atoms with E-state index in [1.807, 2.05) is 32.8 Å². The number of hydrogen-bond acceptors (Lipinski definition) is 4. The fraction of sp³-hybridized carbons (Fsp3) is 0.857. The number of nitrogens with zero attached hydrogens (tertiary/aromatic N) is 1. The van der Waals surface area contributed by atoms with Crippen LogP contribution in [0.1, 0.15) is 39.5 Å². The largest absolute Gasteiger partial charge is 0.336 e. The molecule has 3 N–H and O–H groups in total. The average Bonchev–Trinajstić information content (AvgIpc) is 2.37. The second-order valence-electron chi connectivity index (χ2n) is 5.89. The summed E-state index contributed by atoms with van der Waals surface area (Å²) in [6.07, 6.45) is 4.46. The molecular weight excluding hydrogens is 256 g/mol. The number of carbonyl (C=O) groups is 2. The first kappa shape index (κ1) is 16.9. The third-order valence-electron chi connectivity index (χ3n) is 3.79. The normalized spacial score (nSPS) is 22.9. The first-order chi connectivity index (χ1) is 9.42. The molecule has 1 rings (SSSR count). The van der Waals surface area contributed by atoms with Gasteiger partial charge < -0.3 is 10.6 Å². The van der Waals surface area contributed by atoms with Crippen LogP contribution in [0.2, 0.25) is 0 Å². The molecule has 1 saturated carbocycles. The van der Waals surface area contributed by atoms with Crippen LogP contribution >= 0.6 is 0 Å². The monoisotopic (exact) mass is 284 g/mol. The third-order valence-corrected chi connectivity index (χ3v) is 3.79. The second-order valence-corrected chi connectivity index (χ2v) is 5.89. The van der Waals surface area contributed by atoms with E-state index in [1.54, 1.807) is 0 Å². The Morgan fingerprint density at radius 2 is 1.80 bits per heavy atom. The molecule has 0 heterocycles. The molecule has 0 atom stereocenters. The van der Waals surface area contributed by atoms with Gasteiger partial charge in [0.15, 0.2) is 0 Å². The lowest BCUT2D eigenvalue weighted by Crippen LogP contribution is -2.48. The highest BCUT2D eigenvalue weighted by Crippen LogP contribution is 2.21. The van der Waals surface area contributed by atoms with Gasteiger partial charge in [-0.25, -0.2) is 4.79 Å². The Kier molecular flexibility index (Phi) is 6.95. The maximum atomic E-state index is 11.8. The Hall–Kier alpha value is -1.14. The van der Waals surface area contributed by atoms with Crippen LogP contribution in [-0.2, 0) is 4.79 Å². The predicted octanol–water partition coefficient (Wildman–Crippen LogP) is 0.683. The number of urea groups is 1. The molecule has 116 valence electrons. The minimum absolute atomic E-state index is 0.0253. The lowest BCUT2D eigenvalue weighted by Gasteiger charge is -2.34. The third kappa shape index (κ3) is 5.88. The molecule has 1 aliphatic carbocycles. The van der Waals surface area contributed by atoms with Crippen molar-refractivity contribution in [2.24, 2.45) is 0 Å². The van der Waals surface area contributed by atoms with Crippen molar-refractivity contribution in [3.8, 4) is 0 Å². The molecule has 0 aromatic rings. The molecule has 0 spiro atoms. The molecule has 0 aromatic heterocycles. The first-order valence-electron chi connectivity index (χ1n) is 7.40. The number of hydrogen-bond donors (Lipinski definition) is 3. The summed E-state index contributed by atoms with van der Waals surface area (Å²) in [5, 5.41) is 8.30. The highest BCUT2D eigenvalue weighted by atomic mass is 16.2. The fourth-order valence-electron chi connectivity index (χ4n) is 2.63. The maximum Gasteiger partial charge on any atom is 0.321 e. The first-order valence-corrected chi connectivity index (χ1v) is 7.40. The Morgan fingerprint density at radius 3 is 2.30 bits per heavy atom. The number of amides is 3. The summed E-state index contributed by atoms with van der Waals surface area (Å²) in [7, 11) is 3.94. The van der Waals surface area contributed by atoms with Crippen molar-refractivity contribution in [2.45, 2.75) is 57.7 Å². The molecule has 6 nitrogen and oxygen atoms in total. The summed E-state index contributed by atoms with van der Waals surface area (Å²) in [5.74, 6) is -0.249. The van der Waals surface area contributed by atoms with Gasteiger partial charge in [0.2, 0.25) is 5.91 Å². The highest BCUT2D eigenvalue weighted by molar-refractivity contribution is 5.95. The zero-order valence-electron chi connectivity index (χ0n) is 13.0. The Balaban J connectivity index is 2.29. The highest BCUT2D eigenvalue weighted by Gasteiger charge is 2.24. The lowest BCUT2D eigenvalue weighted by atomic mass is 9.90. The zero-order valence-corrected chi connectivity index (χ0v) is 13.0. The van der Waals surface area contributed by atoms with Crippen LogP contribution in [0.5, 0.6) is 0 Å². The fourth-order valence-corrected chi connectivity index (χ4v) is 2.63. The van der Waals surface area contributed by atoms with Crippen molar-refractivity contribution in [1.82, 2.24) is 20.9 Å². The second kappa shape index (κ2) is 8.21. The van der Waals surface area contributed by atoms with Gasteiger partial charge in [0, 0.05) is 18.1 Å². The van der Waals surface area contributed by atoms with Gasteiger partial charge in [-0.15, -0.1) is 0 Å². The van der Waals surface area contributed by atoms with Crippen molar-refractivity contribution in [2.75, 3.05) is 20.6 Å². The van der Waals surface area contributed by atoms with Crippen molar-refractivity contribution in [3.63, 3.8) is 0 Å². The van der Waals surface area contributed by atoms with Gasteiger partial charge in [0.25, 0.3) is 0 Å². The number of nitrogens with one attached hydrogen (secondary N) is 3. The number of rotatable bonds is 5. The topological polar surface area (TPSA) is 73.5 Å². The molecule has 0 saturated heterocycles. The molecule has 3 amide bonds. The Bertz CT molecular complexity index is 325. The van der Waals surface area contributed by atoms with Crippen LogP contribution in [0.15, 0.2) is 0 Å². The van der Waals surface area contributed by atoms with Gasteiger partial charge >= 0.3 is 6.03 Å². The van der Waals surface area contributed by atoms with E-state index in [1.165, 1.54) is 0 Å². The summed E-state index contributed by atoms with van der Waals surface area (Å²) < 4.78 is 0. The summed E-state index contributed by atoms with van der Waals surface area (Å²) in [4.78, 5) is 25.3. The van der Waals surface area contributed by atoms with Gasteiger partial charge in [-0.1, -0.05) is 0 Å². The molecule has 1 aliphatic rings. The summed E-state index contributed by atoms with van der Waals surface area (Å²) in [6, 6.07) is 0.637.